The van der Waals surface area contributed by atoms with E-state index in [2.05, 4.69) is 9.80 Å². The van der Waals surface area contributed by atoms with Crippen LogP contribution < -0.4 is 0 Å². The lowest BCUT2D eigenvalue weighted by molar-refractivity contribution is -0.133. The summed E-state index contributed by atoms with van der Waals surface area (Å²) in [5.41, 5.74) is 0.798. The summed E-state index contributed by atoms with van der Waals surface area (Å²) in [5, 5.41) is 11.4. The molecule has 0 radical (unpaired) electrons. The molecule has 4 aliphatic rings. The standard InChI is InChI=1S/C22H29ClN2O2/c23-18-5-3-17(4-6-18)22(7-8-22)21(27)25-13-15-11-19(24-9-1-2-10-24)20(26)12-16(15)14-25/h3-6,15-16,19-20,26H,1-2,7-14H2/t15-,16+,19-,20-/m1/s1. The predicted octanol–water partition coefficient (Wildman–Crippen LogP) is 3.07. The molecule has 2 saturated carbocycles. The summed E-state index contributed by atoms with van der Waals surface area (Å²) in [5.74, 6) is 1.30. The Balaban J connectivity index is 1.29. The summed E-state index contributed by atoms with van der Waals surface area (Å²) < 4.78 is 0. The Hall–Kier alpha value is -1.10. The van der Waals surface area contributed by atoms with E-state index < -0.39 is 0 Å². The number of nitrogens with zero attached hydrogens (tertiary/aromatic N) is 2. The molecule has 1 aromatic carbocycles. The smallest absolute Gasteiger partial charge is 0.233 e. The van der Waals surface area contributed by atoms with Crippen molar-refractivity contribution >= 4 is 17.5 Å². The number of carbonyl (C=O) groups excluding carboxylic acids is 1. The normalized spacial score (nSPS) is 35.3. The number of hydrogen-bond donors (Lipinski definition) is 1. The van der Waals surface area contributed by atoms with Crippen LogP contribution in [0.1, 0.15) is 44.1 Å². The highest BCUT2D eigenvalue weighted by atomic mass is 35.5. The van der Waals surface area contributed by atoms with Crippen LogP contribution >= 0.6 is 11.6 Å². The van der Waals surface area contributed by atoms with Crippen LogP contribution in [0.5, 0.6) is 0 Å². The number of halogens is 1. The molecule has 146 valence electrons. The molecule has 0 unspecified atom stereocenters. The summed E-state index contributed by atoms with van der Waals surface area (Å²) in [7, 11) is 0. The number of aliphatic hydroxyl groups excluding tert-OH is 1. The first-order valence-electron chi connectivity index (χ1n) is 10.5. The quantitative estimate of drug-likeness (QED) is 0.865. The summed E-state index contributed by atoms with van der Waals surface area (Å²) in [4.78, 5) is 18.0. The zero-order valence-corrected chi connectivity index (χ0v) is 16.6. The predicted molar refractivity (Wildman–Crippen MR) is 106 cm³/mol. The van der Waals surface area contributed by atoms with Crippen LogP contribution in [0.15, 0.2) is 24.3 Å². The molecule has 2 saturated heterocycles. The van der Waals surface area contributed by atoms with Crippen LogP contribution in [0.2, 0.25) is 5.02 Å². The maximum absolute atomic E-state index is 13.4. The van der Waals surface area contributed by atoms with E-state index in [-0.39, 0.29) is 11.5 Å². The van der Waals surface area contributed by atoms with E-state index in [0.29, 0.717) is 23.8 Å². The molecule has 1 N–H and O–H groups in total. The Bertz CT molecular complexity index is 712. The van der Waals surface area contributed by atoms with Crippen molar-refractivity contribution in [3.05, 3.63) is 34.9 Å². The molecule has 1 amide bonds. The largest absolute Gasteiger partial charge is 0.391 e. The zero-order chi connectivity index (χ0) is 18.6. The average molecular weight is 389 g/mol. The van der Waals surface area contributed by atoms with Gasteiger partial charge in [-0.05, 0) is 81.1 Å². The maximum atomic E-state index is 13.4. The fourth-order valence-corrected chi connectivity index (χ4v) is 5.99. The third-order valence-electron chi connectivity index (χ3n) is 7.56. The Morgan fingerprint density at radius 2 is 1.67 bits per heavy atom. The molecule has 4 nitrogen and oxygen atoms in total. The molecule has 0 spiro atoms. The number of hydrogen-bond acceptors (Lipinski definition) is 3. The second-order valence-corrected chi connectivity index (χ2v) is 9.60. The molecule has 4 fully saturated rings. The topological polar surface area (TPSA) is 43.8 Å². The molecular weight excluding hydrogens is 360 g/mol. The average Bonchev–Trinajstić information content (AvgIpc) is 3.10. The van der Waals surface area contributed by atoms with E-state index in [1.165, 1.54) is 12.8 Å². The van der Waals surface area contributed by atoms with Gasteiger partial charge in [0.05, 0.1) is 11.5 Å². The lowest BCUT2D eigenvalue weighted by Crippen LogP contribution is -2.48. The molecule has 0 bridgehead atoms. The molecule has 2 aliphatic carbocycles. The molecule has 4 atom stereocenters. The van der Waals surface area contributed by atoms with Crippen molar-refractivity contribution < 1.29 is 9.90 Å². The minimum atomic E-state index is -0.314. The minimum Gasteiger partial charge on any atom is -0.391 e. The highest BCUT2D eigenvalue weighted by molar-refractivity contribution is 6.30. The number of rotatable bonds is 3. The van der Waals surface area contributed by atoms with Crippen LogP contribution in [0.4, 0.5) is 0 Å². The van der Waals surface area contributed by atoms with Crippen molar-refractivity contribution in [2.75, 3.05) is 26.2 Å². The van der Waals surface area contributed by atoms with Gasteiger partial charge in [-0.2, -0.15) is 0 Å². The van der Waals surface area contributed by atoms with Gasteiger partial charge in [0.25, 0.3) is 0 Å². The van der Waals surface area contributed by atoms with Crippen molar-refractivity contribution in [2.24, 2.45) is 11.8 Å². The van der Waals surface area contributed by atoms with E-state index in [1.54, 1.807) is 0 Å². The number of likely N-dealkylation sites (tertiary alicyclic amines) is 2. The van der Waals surface area contributed by atoms with E-state index >= 15 is 0 Å². The highest BCUT2D eigenvalue weighted by Gasteiger charge is 2.55. The van der Waals surface area contributed by atoms with E-state index in [4.69, 9.17) is 11.6 Å². The second-order valence-electron chi connectivity index (χ2n) is 9.17. The summed E-state index contributed by atoms with van der Waals surface area (Å²) in [6, 6.07) is 8.12. The molecule has 1 aromatic rings. The second kappa shape index (κ2) is 6.75. The fourth-order valence-electron chi connectivity index (χ4n) is 5.86. The van der Waals surface area contributed by atoms with Crippen LogP contribution in [0.25, 0.3) is 0 Å². The SMILES string of the molecule is O=C(N1C[C@H]2C[C@@H](N3CCCC3)[C@H](O)C[C@H]2C1)C1(c2ccc(Cl)cc2)CC1. The molecule has 2 aliphatic heterocycles. The van der Waals surface area contributed by atoms with Crippen molar-refractivity contribution in [3.8, 4) is 0 Å². The monoisotopic (exact) mass is 388 g/mol. The van der Waals surface area contributed by atoms with Gasteiger partial charge < -0.3 is 10.0 Å². The molecule has 5 heteroatoms. The Kier molecular flexibility index (Phi) is 4.49. The van der Waals surface area contributed by atoms with Gasteiger partial charge >= 0.3 is 0 Å². The summed E-state index contributed by atoms with van der Waals surface area (Å²) in [6.07, 6.45) is 6.06. The van der Waals surface area contributed by atoms with E-state index in [0.717, 1.165) is 62.4 Å². The van der Waals surface area contributed by atoms with Gasteiger partial charge in [0, 0.05) is 24.2 Å². The van der Waals surface area contributed by atoms with Gasteiger partial charge in [-0.25, -0.2) is 0 Å². The lowest BCUT2D eigenvalue weighted by atomic mass is 9.77. The first-order valence-corrected chi connectivity index (χ1v) is 10.9. The Morgan fingerprint density at radius 1 is 1.04 bits per heavy atom. The van der Waals surface area contributed by atoms with Gasteiger partial charge in [0.2, 0.25) is 5.91 Å². The number of fused-ring (bicyclic) bond motifs is 1. The van der Waals surface area contributed by atoms with Crippen LogP contribution in [0, 0.1) is 11.8 Å². The third-order valence-corrected chi connectivity index (χ3v) is 7.81. The lowest BCUT2D eigenvalue weighted by Gasteiger charge is -2.40. The zero-order valence-electron chi connectivity index (χ0n) is 15.8. The van der Waals surface area contributed by atoms with Crippen molar-refractivity contribution in [1.82, 2.24) is 9.80 Å². The number of amides is 1. The molecule has 27 heavy (non-hydrogen) atoms. The number of aliphatic hydroxyl groups is 1. The summed E-state index contributed by atoms with van der Waals surface area (Å²) >= 11 is 6.03. The summed E-state index contributed by atoms with van der Waals surface area (Å²) in [6.45, 7) is 3.95. The van der Waals surface area contributed by atoms with E-state index in [9.17, 15) is 9.90 Å². The molecule has 2 heterocycles. The van der Waals surface area contributed by atoms with Crippen LogP contribution in [-0.4, -0.2) is 59.1 Å². The Labute approximate surface area is 166 Å². The number of benzene rings is 1. The van der Waals surface area contributed by atoms with Crippen molar-refractivity contribution in [2.45, 2.75) is 56.1 Å². The van der Waals surface area contributed by atoms with Gasteiger partial charge in [-0.1, -0.05) is 23.7 Å². The maximum Gasteiger partial charge on any atom is 0.233 e. The van der Waals surface area contributed by atoms with Crippen LogP contribution in [0.3, 0.4) is 0 Å². The first kappa shape index (κ1) is 18.0. The van der Waals surface area contributed by atoms with Gasteiger partial charge in [-0.15, -0.1) is 0 Å². The third kappa shape index (κ3) is 3.10. The molecule has 5 rings (SSSR count). The Morgan fingerprint density at radius 3 is 2.30 bits per heavy atom. The fraction of sp³-hybridized carbons (Fsp3) is 0.682. The van der Waals surface area contributed by atoms with Gasteiger partial charge in [0.15, 0.2) is 0 Å². The number of carbonyl (C=O) groups is 1. The van der Waals surface area contributed by atoms with Crippen LogP contribution in [-0.2, 0) is 10.2 Å². The first-order chi connectivity index (χ1) is 13.1. The van der Waals surface area contributed by atoms with E-state index in [1.807, 2.05) is 24.3 Å². The highest BCUT2D eigenvalue weighted by Crippen LogP contribution is 2.51. The van der Waals surface area contributed by atoms with Crippen molar-refractivity contribution in [1.29, 1.82) is 0 Å². The van der Waals surface area contributed by atoms with Crippen molar-refractivity contribution in [3.63, 3.8) is 0 Å². The molecule has 0 aromatic heterocycles. The van der Waals surface area contributed by atoms with Gasteiger partial charge in [-0.3, -0.25) is 9.69 Å². The minimum absolute atomic E-state index is 0.231. The molecular formula is C22H29ClN2O2. The van der Waals surface area contributed by atoms with Gasteiger partial charge in [0.1, 0.15) is 0 Å².